The Labute approximate surface area is 145 Å². The van der Waals surface area contributed by atoms with Crippen LogP contribution in [0.15, 0.2) is 36.9 Å². The van der Waals surface area contributed by atoms with Gasteiger partial charge in [-0.2, -0.15) is 0 Å². The Hall–Kier alpha value is -2.74. The molecule has 0 spiro atoms. The van der Waals surface area contributed by atoms with Crippen molar-refractivity contribution in [1.82, 2.24) is 25.0 Å². The molecule has 1 aliphatic heterocycles. The third-order valence-corrected chi connectivity index (χ3v) is 4.26. The molecule has 1 fully saturated rings. The minimum absolute atomic E-state index is 0.120. The van der Waals surface area contributed by atoms with Crippen LogP contribution in [0.1, 0.15) is 16.8 Å². The zero-order chi connectivity index (χ0) is 17.6. The highest BCUT2D eigenvalue weighted by atomic mass is 16.5. The van der Waals surface area contributed by atoms with Gasteiger partial charge in [0.05, 0.1) is 6.61 Å². The van der Waals surface area contributed by atoms with Crippen molar-refractivity contribution in [3.63, 3.8) is 0 Å². The number of rotatable bonds is 7. The molecule has 2 amide bonds. The van der Waals surface area contributed by atoms with Crippen molar-refractivity contribution in [3.8, 4) is 5.69 Å². The fourth-order valence-electron chi connectivity index (χ4n) is 2.87. The summed E-state index contributed by atoms with van der Waals surface area (Å²) in [5.41, 5.74) is 1.47. The number of nitrogens with one attached hydrogen (secondary N) is 1. The van der Waals surface area contributed by atoms with Gasteiger partial charge >= 0.3 is 0 Å². The Balaban J connectivity index is 1.50. The van der Waals surface area contributed by atoms with E-state index in [-0.39, 0.29) is 17.7 Å². The number of methoxy groups -OCH3 is 1. The molecule has 1 saturated heterocycles. The first-order valence-corrected chi connectivity index (χ1v) is 8.17. The van der Waals surface area contributed by atoms with Crippen LogP contribution < -0.4 is 5.32 Å². The maximum absolute atomic E-state index is 12.3. The number of amides is 2. The number of carbonyl (C=O) groups is 2. The number of hydrogen-bond donors (Lipinski definition) is 1. The van der Waals surface area contributed by atoms with Crippen molar-refractivity contribution in [2.75, 3.05) is 33.4 Å². The van der Waals surface area contributed by atoms with Gasteiger partial charge in [0.25, 0.3) is 5.91 Å². The highest BCUT2D eigenvalue weighted by Gasteiger charge is 2.29. The van der Waals surface area contributed by atoms with E-state index in [0.717, 1.165) is 5.69 Å². The number of nitrogens with zero attached hydrogens (tertiary/aromatic N) is 4. The second-order valence-electron chi connectivity index (χ2n) is 6.03. The maximum atomic E-state index is 12.3. The van der Waals surface area contributed by atoms with Crippen molar-refractivity contribution < 1.29 is 14.3 Å². The largest absolute Gasteiger partial charge is 0.383 e. The summed E-state index contributed by atoms with van der Waals surface area (Å²) in [6.45, 7) is 2.28. The first-order valence-electron chi connectivity index (χ1n) is 8.17. The fraction of sp³-hybridized carbons (Fsp3) is 0.412. The van der Waals surface area contributed by atoms with Crippen LogP contribution in [0.3, 0.4) is 0 Å². The Kier molecular flexibility index (Phi) is 5.39. The molecule has 1 aromatic carbocycles. The Morgan fingerprint density at radius 1 is 1.28 bits per heavy atom. The molecule has 1 aliphatic rings. The average molecular weight is 343 g/mol. The average Bonchev–Trinajstić information content (AvgIpc) is 3.28. The SMILES string of the molecule is COCCN1C[C@@H](CNC(=O)c2ccc(-n3cnnc3)cc2)CC1=O. The Morgan fingerprint density at radius 2 is 2.00 bits per heavy atom. The molecule has 3 rings (SSSR count). The predicted octanol–water partition coefficient (Wildman–Crippen LogP) is 0.492. The van der Waals surface area contributed by atoms with E-state index in [1.54, 1.807) is 41.4 Å². The van der Waals surface area contributed by atoms with Crippen molar-refractivity contribution in [1.29, 1.82) is 0 Å². The second kappa shape index (κ2) is 7.89. The van der Waals surface area contributed by atoms with Gasteiger partial charge in [-0.25, -0.2) is 0 Å². The van der Waals surface area contributed by atoms with Crippen LogP contribution in [0.5, 0.6) is 0 Å². The number of ether oxygens (including phenoxy) is 1. The van der Waals surface area contributed by atoms with E-state index in [1.807, 2.05) is 12.1 Å². The van der Waals surface area contributed by atoms with Gasteiger partial charge < -0.3 is 15.0 Å². The monoisotopic (exact) mass is 343 g/mol. The molecule has 132 valence electrons. The van der Waals surface area contributed by atoms with Gasteiger partial charge in [-0.1, -0.05) is 0 Å². The Bertz CT molecular complexity index is 714. The molecular formula is C17H21N5O3. The molecule has 1 aromatic heterocycles. The third-order valence-electron chi connectivity index (χ3n) is 4.26. The van der Waals surface area contributed by atoms with Crippen LogP contribution >= 0.6 is 0 Å². The number of carbonyl (C=O) groups excluding carboxylic acids is 2. The summed E-state index contributed by atoms with van der Waals surface area (Å²) in [7, 11) is 1.62. The van der Waals surface area contributed by atoms with Crippen LogP contribution in [0.4, 0.5) is 0 Å². The van der Waals surface area contributed by atoms with Gasteiger partial charge in [0.1, 0.15) is 12.7 Å². The minimum Gasteiger partial charge on any atom is -0.383 e. The van der Waals surface area contributed by atoms with E-state index in [9.17, 15) is 9.59 Å². The highest BCUT2D eigenvalue weighted by molar-refractivity contribution is 5.94. The zero-order valence-corrected chi connectivity index (χ0v) is 14.1. The van der Waals surface area contributed by atoms with Crippen LogP contribution in [0.25, 0.3) is 5.69 Å². The van der Waals surface area contributed by atoms with E-state index < -0.39 is 0 Å². The second-order valence-corrected chi connectivity index (χ2v) is 6.03. The summed E-state index contributed by atoms with van der Waals surface area (Å²) in [5, 5.41) is 10.4. The summed E-state index contributed by atoms with van der Waals surface area (Å²) in [4.78, 5) is 26.0. The fourth-order valence-corrected chi connectivity index (χ4v) is 2.87. The first-order chi connectivity index (χ1) is 12.2. The number of benzene rings is 1. The molecular weight excluding hydrogens is 322 g/mol. The first kappa shape index (κ1) is 17.1. The summed E-state index contributed by atoms with van der Waals surface area (Å²) >= 11 is 0. The summed E-state index contributed by atoms with van der Waals surface area (Å²) in [6, 6.07) is 7.19. The van der Waals surface area contributed by atoms with E-state index >= 15 is 0 Å². The number of hydrogen-bond acceptors (Lipinski definition) is 5. The molecule has 2 heterocycles. The molecule has 0 saturated carbocycles. The molecule has 1 atom stereocenters. The van der Waals surface area contributed by atoms with Crippen molar-refractivity contribution >= 4 is 11.8 Å². The van der Waals surface area contributed by atoms with Gasteiger partial charge in [0, 0.05) is 50.3 Å². The van der Waals surface area contributed by atoms with Crippen LogP contribution in [0, 0.1) is 5.92 Å². The number of aromatic nitrogens is 3. The maximum Gasteiger partial charge on any atom is 0.251 e. The van der Waals surface area contributed by atoms with Crippen molar-refractivity contribution in [2.24, 2.45) is 5.92 Å². The van der Waals surface area contributed by atoms with Crippen molar-refractivity contribution in [2.45, 2.75) is 6.42 Å². The highest BCUT2D eigenvalue weighted by Crippen LogP contribution is 2.17. The lowest BCUT2D eigenvalue weighted by Gasteiger charge is -2.16. The van der Waals surface area contributed by atoms with Crippen LogP contribution in [-0.4, -0.2) is 64.8 Å². The van der Waals surface area contributed by atoms with Gasteiger partial charge in [-0.15, -0.1) is 10.2 Å². The van der Waals surface area contributed by atoms with Gasteiger partial charge in [0.15, 0.2) is 0 Å². The summed E-state index contributed by atoms with van der Waals surface area (Å²) in [5.74, 6) is 0.122. The molecule has 1 N–H and O–H groups in total. The quantitative estimate of drug-likeness (QED) is 0.790. The van der Waals surface area contributed by atoms with Gasteiger partial charge in [-0.3, -0.25) is 14.2 Å². The molecule has 0 aliphatic carbocycles. The zero-order valence-electron chi connectivity index (χ0n) is 14.1. The van der Waals surface area contributed by atoms with E-state index in [4.69, 9.17) is 4.74 Å². The molecule has 2 aromatic rings. The van der Waals surface area contributed by atoms with E-state index in [2.05, 4.69) is 15.5 Å². The van der Waals surface area contributed by atoms with Crippen molar-refractivity contribution in [3.05, 3.63) is 42.5 Å². The predicted molar refractivity (Wildman–Crippen MR) is 90.3 cm³/mol. The topological polar surface area (TPSA) is 89.3 Å². The third kappa shape index (κ3) is 4.21. The molecule has 0 bridgehead atoms. The van der Waals surface area contributed by atoms with E-state index in [0.29, 0.717) is 38.2 Å². The normalized spacial score (nSPS) is 17.1. The lowest BCUT2D eigenvalue weighted by atomic mass is 10.1. The standard InChI is InChI=1S/C17H21N5O3/c1-25-7-6-21-10-13(8-16(21)23)9-18-17(24)14-2-4-15(5-3-14)22-11-19-20-12-22/h2-5,11-13H,6-10H2,1H3,(H,18,24)/t13-/m1/s1. The Morgan fingerprint density at radius 3 is 2.68 bits per heavy atom. The number of likely N-dealkylation sites (tertiary alicyclic amines) is 1. The lowest BCUT2D eigenvalue weighted by molar-refractivity contribution is -0.128. The molecule has 25 heavy (non-hydrogen) atoms. The van der Waals surface area contributed by atoms with E-state index in [1.165, 1.54) is 0 Å². The summed E-state index contributed by atoms with van der Waals surface area (Å²) in [6.07, 6.45) is 3.67. The molecule has 8 nitrogen and oxygen atoms in total. The van der Waals surface area contributed by atoms with Gasteiger partial charge in [-0.05, 0) is 24.3 Å². The molecule has 0 unspecified atom stereocenters. The molecule has 0 radical (unpaired) electrons. The van der Waals surface area contributed by atoms with Gasteiger partial charge in [0.2, 0.25) is 5.91 Å². The smallest absolute Gasteiger partial charge is 0.251 e. The van der Waals surface area contributed by atoms with Crippen LogP contribution in [0.2, 0.25) is 0 Å². The lowest BCUT2D eigenvalue weighted by Crippen LogP contribution is -2.32. The summed E-state index contributed by atoms with van der Waals surface area (Å²) < 4.78 is 6.77. The molecule has 8 heteroatoms. The van der Waals surface area contributed by atoms with Crippen LogP contribution in [-0.2, 0) is 9.53 Å². The minimum atomic E-state index is -0.141.